The van der Waals surface area contributed by atoms with Gasteiger partial charge in [0.1, 0.15) is 23.1 Å². The number of fused-ring (bicyclic) bond motifs is 1. The lowest BCUT2D eigenvalue weighted by molar-refractivity contribution is -0.165. The molecule has 2 unspecified atom stereocenters. The van der Waals surface area contributed by atoms with Gasteiger partial charge in [0.25, 0.3) is 0 Å². The van der Waals surface area contributed by atoms with Gasteiger partial charge in [-0.2, -0.15) is 0 Å². The highest BCUT2D eigenvalue weighted by Crippen LogP contribution is 2.51. The van der Waals surface area contributed by atoms with Crippen LogP contribution in [0.2, 0.25) is 0 Å². The van der Waals surface area contributed by atoms with Crippen molar-refractivity contribution in [1.82, 2.24) is 4.90 Å². The smallest absolute Gasteiger partial charge is 0.357 e. The Hall–Kier alpha value is -2.33. The third-order valence-electron chi connectivity index (χ3n) is 4.17. The van der Waals surface area contributed by atoms with Crippen molar-refractivity contribution in [3.8, 4) is 5.75 Å². The van der Waals surface area contributed by atoms with Crippen molar-refractivity contribution < 1.29 is 33.2 Å². The highest BCUT2D eigenvalue weighted by Gasteiger charge is 2.59. The Balaban J connectivity index is 1.81. The van der Waals surface area contributed by atoms with E-state index in [4.69, 9.17) is 9.47 Å². The number of ether oxygens (including phenoxy) is 2. The molecule has 1 aromatic rings. The molecular weight excluding hydrogens is 394 g/mol. The lowest BCUT2D eigenvalue weighted by Crippen LogP contribution is -2.61. The van der Waals surface area contributed by atoms with E-state index in [0.29, 0.717) is 10.6 Å². The number of thioether (sulfide) groups is 1. The molecular formula is C17H17NO7S2. The molecule has 27 heavy (non-hydrogen) atoms. The van der Waals surface area contributed by atoms with Gasteiger partial charge in [-0.1, -0.05) is 11.8 Å². The molecule has 8 nitrogen and oxygen atoms in total. The Morgan fingerprint density at radius 3 is 2.44 bits per heavy atom. The minimum Gasteiger partial charge on any atom is -0.476 e. The van der Waals surface area contributed by atoms with Gasteiger partial charge in [0.15, 0.2) is 10.8 Å². The predicted molar refractivity (Wildman–Crippen MR) is 97.0 cm³/mol. The Labute approximate surface area is 162 Å². The number of carboxylic acid groups (broad SMARTS) is 1. The number of hydrogen-bond acceptors (Lipinski definition) is 7. The van der Waals surface area contributed by atoms with Crippen LogP contribution in [0.5, 0.6) is 5.75 Å². The molecule has 0 radical (unpaired) electrons. The molecule has 0 aliphatic carbocycles. The number of nitrogens with zero attached hydrogens (tertiary/aromatic N) is 1. The van der Waals surface area contributed by atoms with Crippen LogP contribution in [0.15, 0.2) is 39.9 Å². The Morgan fingerprint density at radius 2 is 1.93 bits per heavy atom. The summed E-state index contributed by atoms with van der Waals surface area (Å²) in [5.41, 5.74) is -0.232. The number of esters is 1. The van der Waals surface area contributed by atoms with Crippen molar-refractivity contribution in [2.75, 3.05) is 6.26 Å². The maximum absolute atomic E-state index is 12.4. The van der Waals surface area contributed by atoms with E-state index in [9.17, 15) is 23.7 Å². The first-order chi connectivity index (χ1) is 12.7. The maximum atomic E-state index is 12.4. The molecule has 10 heteroatoms. The fourth-order valence-corrected chi connectivity index (χ4v) is 4.93. The summed E-state index contributed by atoms with van der Waals surface area (Å²) >= 11 is 1.10. The second-order valence-electron chi connectivity index (χ2n) is 6.03. The van der Waals surface area contributed by atoms with Crippen LogP contribution in [-0.2, 0) is 29.9 Å². The Morgan fingerprint density at radius 1 is 1.30 bits per heavy atom. The Bertz CT molecular complexity index is 865. The van der Waals surface area contributed by atoms with Crippen LogP contribution in [0.1, 0.15) is 13.8 Å². The monoisotopic (exact) mass is 411 g/mol. The normalized spacial score (nSPS) is 23.4. The van der Waals surface area contributed by atoms with E-state index < -0.39 is 46.0 Å². The number of carbonyl (C=O) groups excluding carboxylic acids is 2. The third-order valence-corrected chi connectivity index (χ3v) is 6.34. The molecule has 144 valence electrons. The molecule has 0 spiro atoms. The average molecular weight is 411 g/mol. The van der Waals surface area contributed by atoms with Gasteiger partial charge in [0.05, 0.1) is 0 Å². The van der Waals surface area contributed by atoms with Gasteiger partial charge in [-0.25, -0.2) is 4.79 Å². The van der Waals surface area contributed by atoms with Gasteiger partial charge in [0, 0.05) is 28.9 Å². The Kier molecular flexibility index (Phi) is 5.29. The molecule has 0 bridgehead atoms. The van der Waals surface area contributed by atoms with Crippen LogP contribution in [0, 0.1) is 5.92 Å². The molecule has 2 aliphatic heterocycles. The first-order valence-corrected chi connectivity index (χ1v) is 10.4. The number of benzene rings is 1. The van der Waals surface area contributed by atoms with Crippen LogP contribution >= 0.6 is 11.8 Å². The summed E-state index contributed by atoms with van der Waals surface area (Å²) in [7, 11) is -1.14. The van der Waals surface area contributed by atoms with Crippen LogP contribution in [0.25, 0.3) is 0 Å². The van der Waals surface area contributed by atoms with Crippen molar-refractivity contribution in [2.24, 2.45) is 5.92 Å². The summed E-state index contributed by atoms with van der Waals surface area (Å²) in [6, 6.07) is 6.41. The van der Waals surface area contributed by atoms with E-state index in [1.165, 1.54) is 6.92 Å². The van der Waals surface area contributed by atoms with E-state index in [1.54, 1.807) is 37.4 Å². The molecule has 1 aromatic carbocycles. The second-order valence-corrected chi connectivity index (χ2v) is 8.49. The summed E-state index contributed by atoms with van der Waals surface area (Å²) in [4.78, 5) is 37.0. The fourth-order valence-electron chi connectivity index (χ4n) is 2.95. The second kappa shape index (κ2) is 7.35. The van der Waals surface area contributed by atoms with E-state index in [2.05, 4.69) is 0 Å². The first-order valence-electron chi connectivity index (χ1n) is 7.96. The molecule has 1 saturated heterocycles. The van der Waals surface area contributed by atoms with Crippen molar-refractivity contribution in [2.45, 2.75) is 30.2 Å². The van der Waals surface area contributed by atoms with Gasteiger partial charge in [-0.15, -0.1) is 0 Å². The molecule has 0 saturated carbocycles. The quantitative estimate of drug-likeness (QED) is 0.554. The van der Waals surface area contributed by atoms with E-state index in [-0.39, 0.29) is 10.8 Å². The number of β-lactam (4-membered cyclic amide) rings is 1. The van der Waals surface area contributed by atoms with Crippen LogP contribution in [0.4, 0.5) is 0 Å². The largest absolute Gasteiger partial charge is 0.476 e. The van der Waals surface area contributed by atoms with Gasteiger partial charge in [0.2, 0.25) is 5.91 Å². The van der Waals surface area contributed by atoms with Crippen molar-refractivity contribution in [1.29, 1.82) is 0 Å². The number of hydrogen-bond donors (Lipinski definition) is 1. The number of carboxylic acids is 1. The van der Waals surface area contributed by atoms with Gasteiger partial charge >= 0.3 is 11.9 Å². The van der Waals surface area contributed by atoms with Crippen molar-refractivity contribution in [3.63, 3.8) is 0 Å². The number of aliphatic carboxylic acids is 1. The highest BCUT2D eigenvalue weighted by molar-refractivity contribution is 8.03. The standard InChI is InChI=1S/C17H17NO7S2/c1-8(24-9(2)19)12-14(20)18-13(16(21)22)17(26-15(12)18)25-10-4-6-11(7-5-10)27(3)23/h4-8,12,15H,1-3H3,(H,21,22)/t8-,12+,15?,27?/m1/s1. The van der Waals surface area contributed by atoms with Gasteiger partial charge < -0.3 is 14.6 Å². The molecule has 4 atom stereocenters. The minimum atomic E-state index is -1.28. The third kappa shape index (κ3) is 3.59. The number of rotatable bonds is 6. The molecule has 2 aliphatic rings. The van der Waals surface area contributed by atoms with Crippen molar-refractivity contribution >= 4 is 40.4 Å². The molecule has 1 N–H and O–H groups in total. The summed E-state index contributed by atoms with van der Waals surface area (Å²) in [6.07, 6.45) is 0.881. The van der Waals surface area contributed by atoms with Gasteiger partial charge in [-0.3, -0.25) is 18.7 Å². The highest BCUT2D eigenvalue weighted by atomic mass is 32.2. The first kappa shape index (κ1) is 19.4. The zero-order chi connectivity index (χ0) is 19.9. The summed E-state index contributed by atoms with van der Waals surface area (Å²) < 4.78 is 22.2. The number of carbonyl (C=O) groups is 3. The van der Waals surface area contributed by atoms with E-state index in [0.717, 1.165) is 16.7 Å². The topological polar surface area (TPSA) is 110 Å². The van der Waals surface area contributed by atoms with Gasteiger partial charge in [-0.05, 0) is 31.2 Å². The predicted octanol–water partition coefficient (Wildman–Crippen LogP) is 1.54. The van der Waals surface area contributed by atoms with Crippen LogP contribution in [-0.4, -0.2) is 49.8 Å². The van der Waals surface area contributed by atoms with Crippen LogP contribution < -0.4 is 4.74 Å². The molecule has 2 heterocycles. The number of amides is 1. The average Bonchev–Trinajstić information content (AvgIpc) is 2.89. The van der Waals surface area contributed by atoms with Crippen molar-refractivity contribution in [3.05, 3.63) is 35.1 Å². The lowest BCUT2D eigenvalue weighted by Gasteiger charge is -2.43. The zero-order valence-corrected chi connectivity index (χ0v) is 16.3. The SMILES string of the molecule is CC(=O)O[C@H](C)[C@H]1C(=O)N2C(C(=O)O)=C(Oc3ccc(S(C)=O)cc3)SC12. The summed E-state index contributed by atoms with van der Waals surface area (Å²) in [5.74, 6) is -2.48. The van der Waals surface area contributed by atoms with E-state index >= 15 is 0 Å². The molecule has 0 aromatic heterocycles. The summed E-state index contributed by atoms with van der Waals surface area (Å²) in [5, 5.41) is 9.10. The molecule has 3 rings (SSSR count). The van der Waals surface area contributed by atoms with E-state index in [1.807, 2.05) is 0 Å². The maximum Gasteiger partial charge on any atom is 0.357 e. The zero-order valence-electron chi connectivity index (χ0n) is 14.7. The molecule has 1 fully saturated rings. The minimum absolute atomic E-state index is 0.0868. The lowest BCUT2D eigenvalue weighted by atomic mass is 9.92. The molecule has 1 amide bonds. The fraction of sp³-hybridized carbons (Fsp3) is 0.353. The van der Waals surface area contributed by atoms with Crippen LogP contribution in [0.3, 0.4) is 0 Å². The summed E-state index contributed by atoms with van der Waals surface area (Å²) in [6.45, 7) is 2.85.